The summed E-state index contributed by atoms with van der Waals surface area (Å²) in [5.74, 6) is 0.815. The number of hydrogen-bond acceptors (Lipinski definition) is 2. The van der Waals surface area contributed by atoms with E-state index in [1.165, 1.54) is 0 Å². The second kappa shape index (κ2) is 5.67. The lowest BCUT2D eigenvalue weighted by Gasteiger charge is -1.90. The molecule has 0 aliphatic heterocycles. The Balaban J connectivity index is 2.82. The first-order chi connectivity index (χ1) is 3.77. The third-order valence-electron chi connectivity index (χ3n) is 0.799. The molecule has 8 heavy (non-hydrogen) atoms. The molecule has 50 valence electrons. The molecule has 0 rings (SSSR count). The minimum Gasteiger partial charge on any atom is -0.346 e. The normalized spacial score (nSPS) is 13.8. The summed E-state index contributed by atoms with van der Waals surface area (Å²) in [7, 11) is -2.19. The van der Waals surface area contributed by atoms with Gasteiger partial charge in [-0.2, -0.15) is 12.6 Å². The summed E-state index contributed by atoms with van der Waals surface area (Å²) in [6.45, 7) is 0. The van der Waals surface area contributed by atoms with Crippen molar-refractivity contribution < 1.29 is 9.46 Å². The van der Waals surface area contributed by atoms with Crippen LogP contribution in [-0.2, 0) is 4.57 Å². The van der Waals surface area contributed by atoms with Gasteiger partial charge in [0.1, 0.15) is 0 Å². The molecule has 0 bridgehead atoms. The Bertz CT molecular complexity index is 76.4. The Morgan fingerprint density at radius 3 is 2.50 bits per heavy atom. The first kappa shape index (κ1) is 8.54. The molecule has 1 N–H and O–H groups in total. The van der Waals surface area contributed by atoms with E-state index in [-0.39, 0.29) is 0 Å². The molecule has 0 aliphatic rings. The molecule has 1 atom stereocenters. The highest BCUT2D eigenvalue weighted by Crippen LogP contribution is 2.14. The van der Waals surface area contributed by atoms with Crippen LogP contribution in [0.25, 0.3) is 0 Å². The Kier molecular flexibility index (Phi) is 6.06. The molecule has 1 unspecified atom stereocenters. The van der Waals surface area contributed by atoms with Crippen molar-refractivity contribution in [1.29, 1.82) is 0 Å². The highest BCUT2D eigenvalue weighted by molar-refractivity contribution is 7.80. The largest absolute Gasteiger partial charge is 0.346 e. The molecule has 0 aromatic heterocycles. The summed E-state index contributed by atoms with van der Waals surface area (Å²) >= 11 is 3.95. The van der Waals surface area contributed by atoms with Gasteiger partial charge in [-0.3, -0.25) is 4.57 Å². The summed E-state index contributed by atoms with van der Waals surface area (Å²) in [4.78, 5) is 8.30. The van der Waals surface area contributed by atoms with Crippen LogP contribution in [0.2, 0.25) is 0 Å². The van der Waals surface area contributed by atoms with Crippen LogP contribution in [0.4, 0.5) is 0 Å². The van der Waals surface area contributed by atoms with Crippen molar-refractivity contribution in [2.45, 2.75) is 12.8 Å². The van der Waals surface area contributed by atoms with Crippen molar-refractivity contribution in [2.75, 3.05) is 11.9 Å². The summed E-state index contributed by atoms with van der Waals surface area (Å²) in [6, 6.07) is 0. The lowest BCUT2D eigenvalue weighted by atomic mass is 10.4. The zero-order chi connectivity index (χ0) is 6.41. The summed E-state index contributed by atoms with van der Waals surface area (Å²) < 4.78 is 10.0. The molecule has 0 aromatic carbocycles. The van der Waals surface area contributed by atoms with Crippen molar-refractivity contribution >= 4 is 20.7 Å². The summed E-state index contributed by atoms with van der Waals surface area (Å²) in [6.07, 6.45) is 2.24. The second-order valence-electron chi connectivity index (χ2n) is 1.57. The van der Waals surface area contributed by atoms with Gasteiger partial charge in [-0.05, 0) is 18.6 Å². The van der Waals surface area contributed by atoms with Crippen LogP contribution in [0.5, 0.6) is 0 Å². The Morgan fingerprint density at radius 1 is 1.50 bits per heavy atom. The maximum atomic E-state index is 10.0. The van der Waals surface area contributed by atoms with Gasteiger partial charge >= 0.3 is 0 Å². The molecule has 2 nitrogen and oxygen atoms in total. The van der Waals surface area contributed by atoms with Crippen LogP contribution >= 0.6 is 20.7 Å². The first-order valence-corrected chi connectivity index (χ1v) is 4.79. The molecule has 0 amide bonds. The zero-order valence-electron chi connectivity index (χ0n) is 4.63. The molecule has 0 fully saturated rings. The smallest absolute Gasteiger partial charge is 0.189 e. The van der Waals surface area contributed by atoms with E-state index in [0.29, 0.717) is 6.16 Å². The van der Waals surface area contributed by atoms with E-state index in [9.17, 15) is 4.57 Å². The van der Waals surface area contributed by atoms with Crippen LogP contribution in [0.3, 0.4) is 0 Å². The van der Waals surface area contributed by atoms with E-state index in [4.69, 9.17) is 4.89 Å². The lowest BCUT2D eigenvalue weighted by molar-refractivity contribution is 0.501. The fourth-order valence-electron chi connectivity index (χ4n) is 0.388. The fraction of sp³-hybridized carbons (Fsp3) is 1.00. The minimum absolute atomic E-state index is 0.464. The predicted molar refractivity (Wildman–Crippen MR) is 39.2 cm³/mol. The van der Waals surface area contributed by atoms with Crippen LogP contribution < -0.4 is 0 Å². The molecule has 0 aliphatic carbocycles. The molecule has 0 saturated carbocycles. The van der Waals surface area contributed by atoms with E-state index >= 15 is 0 Å². The van der Waals surface area contributed by atoms with Gasteiger partial charge in [0.15, 0.2) is 8.03 Å². The third kappa shape index (κ3) is 6.54. The van der Waals surface area contributed by atoms with Gasteiger partial charge in [0.25, 0.3) is 0 Å². The van der Waals surface area contributed by atoms with E-state index < -0.39 is 8.03 Å². The quantitative estimate of drug-likeness (QED) is 0.362. The monoisotopic (exact) mass is 154 g/mol. The molecule has 0 radical (unpaired) electrons. The molecular formula is C4H11O2PS. The van der Waals surface area contributed by atoms with Crippen molar-refractivity contribution in [3.8, 4) is 0 Å². The topological polar surface area (TPSA) is 37.3 Å². The third-order valence-corrected chi connectivity index (χ3v) is 1.90. The Hall–Kier alpha value is 0.540. The van der Waals surface area contributed by atoms with Gasteiger partial charge < -0.3 is 4.89 Å². The Labute approximate surface area is 55.6 Å². The van der Waals surface area contributed by atoms with Crippen molar-refractivity contribution in [3.63, 3.8) is 0 Å². The number of rotatable bonds is 4. The summed E-state index contributed by atoms with van der Waals surface area (Å²) in [5, 5.41) is 0. The van der Waals surface area contributed by atoms with Gasteiger partial charge in [-0.1, -0.05) is 0 Å². The van der Waals surface area contributed by atoms with E-state index in [0.717, 1.165) is 18.6 Å². The molecule has 0 saturated heterocycles. The zero-order valence-corrected chi connectivity index (χ0v) is 6.53. The van der Waals surface area contributed by atoms with Gasteiger partial charge in [-0.25, -0.2) is 0 Å². The van der Waals surface area contributed by atoms with Crippen molar-refractivity contribution in [3.05, 3.63) is 0 Å². The average Bonchev–Trinajstić information content (AvgIpc) is 1.66. The van der Waals surface area contributed by atoms with Crippen LogP contribution in [-0.4, -0.2) is 16.8 Å². The van der Waals surface area contributed by atoms with E-state index in [2.05, 4.69) is 12.6 Å². The highest BCUT2D eigenvalue weighted by atomic mass is 32.1. The van der Waals surface area contributed by atoms with Gasteiger partial charge in [0, 0.05) is 6.16 Å². The van der Waals surface area contributed by atoms with Crippen LogP contribution in [0.15, 0.2) is 0 Å². The highest BCUT2D eigenvalue weighted by Gasteiger charge is 1.89. The molecule has 0 heterocycles. The van der Waals surface area contributed by atoms with Gasteiger partial charge in [-0.15, -0.1) is 0 Å². The van der Waals surface area contributed by atoms with Crippen molar-refractivity contribution in [2.24, 2.45) is 0 Å². The SMILES string of the molecule is O=[PH](O)CCCCS. The van der Waals surface area contributed by atoms with Gasteiger partial charge in [0.2, 0.25) is 0 Å². The summed E-state index contributed by atoms with van der Waals surface area (Å²) in [5.41, 5.74) is 0. The maximum absolute atomic E-state index is 10.0. The van der Waals surface area contributed by atoms with Crippen LogP contribution in [0, 0.1) is 0 Å². The molecular weight excluding hydrogens is 143 g/mol. The molecule has 0 spiro atoms. The number of unbranched alkanes of at least 4 members (excludes halogenated alkanes) is 1. The molecule has 4 heteroatoms. The van der Waals surface area contributed by atoms with Gasteiger partial charge in [0.05, 0.1) is 0 Å². The number of hydrogen-bond donors (Lipinski definition) is 2. The van der Waals surface area contributed by atoms with Crippen LogP contribution in [0.1, 0.15) is 12.8 Å². The lowest BCUT2D eigenvalue weighted by Crippen LogP contribution is -1.79. The second-order valence-corrected chi connectivity index (χ2v) is 3.31. The molecule has 0 aromatic rings. The standard InChI is InChI=1S/C4H11O2PS/c5-7(6)3-1-2-4-8/h7-8H,1-4H2,(H,5,6). The average molecular weight is 154 g/mol. The first-order valence-electron chi connectivity index (χ1n) is 2.60. The van der Waals surface area contributed by atoms with E-state index in [1.807, 2.05) is 0 Å². The number of thiol groups is 1. The Morgan fingerprint density at radius 2 is 2.12 bits per heavy atom. The maximum Gasteiger partial charge on any atom is 0.189 e. The van der Waals surface area contributed by atoms with Crippen molar-refractivity contribution in [1.82, 2.24) is 0 Å². The predicted octanol–water partition coefficient (Wildman–Crippen LogP) is 1.16. The van der Waals surface area contributed by atoms with E-state index in [1.54, 1.807) is 0 Å². The minimum atomic E-state index is -2.19. The fourth-order valence-corrected chi connectivity index (χ4v) is 1.16.